The van der Waals surface area contributed by atoms with Gasteiger partial charge in [-0.1, -0.05) is 62.8 Å². The van der Waals surface area contributed by atoms with Crippen LogP contribution in [0.1, 0.15) is 34.6 Å². The highest BCUT2D eigenvalue weighted by molar-refractivity contribution is 8.77. The number of rotatable bonds is 7. The third-order valence-corrected chi connectivity index (χ3v) is 5.13. The molecule has 2 N–H and O–H groups in total. The smallest absolute Gasteiger partial charge is 0.407 e. The molecule has 0 bridgehead atoms. The fraction of sp³-hybridized carbons (Fsp3) is 0.769. The van der Waals surface area contributed by atoms with Gasteiger partial charge in [0.1, 0.15) is 5.76 Å². The second kappa shape index (κ2) is 8.64. The van der Waals surface area contributed by atoms with Gasteiger partial charge in [0.2, 0.25) is 0 Å². The summed E-state index contributed by atoms with van der Waals surface area (Å²) in [6.45, 7) is 14.1. The number of alkyl carbamates (subject to hydrolysis) is 1. The zero-order valence-electron chi connectivity index (χ0n) is 12.4. The van der Waals surface area contributed by atoms with E-state index in [2.05, 4.69) is 32.7 Å². The molecule has 0 aromatic carbocycles. The first kappa shape index (κ1) is 18.5. The van der Waals surface area contributed by atoms with Crippen LogP contribution in [0.25, 0.3) is 0 Å². The van der Waals surface area contributed by atoms with Gasteiger partial charge >= 0.3 is 6.09 Å². The van der Waals surface area contributed by atoms with Crippen LogP contribution in [0.4, 0.5) is 4.79 Å². The number of amides is 1. The Balaban J connectivity index is 4.12. The SMILES string of the molecule is C=C(O)C(CSSC(C)(C)C)NC(=O)OCC(C)C. The summed E-state index contributed by atoms with van der Waals surface area (Å²) in [5.74, 6) is 0.782. The van der Waals surface area contributed by atoms with E-state index in [-0.39, 0.29) is 16.4 Å². The Hall–Kier alpha value is -0.490. The predicted molar refractivity (Wildman–Crippen MR) is 84.7 cm³/mol. The monoisotopic (exact) mass is 307 g/mol. The molecule has 112 valence electrons. The molecule has 0 saturated heterocycles. The van der Waals surface area contributed by atoms with Crippen LogP contribution >= 0.6 is 21.6 Å². The van der Waals surface area contributed by atoms with Crippen molar-refractivity contribution in [3.05, 3.63) is 12.3 Å². The lowest BCUT2D eigenvalue weighted by Gasteiger charge is -2.20. The summed E-state index contributed by atoms with van der Waals surface area (Å²) in [6.07, 6.45) is -0.518. The Bertz CT molecular complexity index is 301. The first-order chi connectivity index (χ1) is 8.61. The van der Waals surface area contributed by atoms with Crippen molar-refractivity contribution in [2.24, 2.45) is 5.92 Å². The van der Waals surface area contributed by atoms with E-state index in [1.165, 1.54) is 0 Å². The topological polar surface area (TPSA) is 58.6 Å². The van der Waals surface area contributed by atoms with E-state index in [0.29, 0.717) is 12.4 Å². The molecule has 0 rings (SSSR count). The van der Waals surface area contributed by atoms with E-state index in [1.807, 2.05) is 13.8 Å². The van der Waals surface area contributed by atoms with Crippen LogP contribution in [-0.2, 0) is 4.74 Å². The van der Waals surface area contributed by atoms with Gasteiger partial charge in [0.15, 0.2) is 0 Å². The Morgan fingerprint density at radius 2 is 2.00 bits per heavy atom. The van der Waals surface area contributed by atoms with Gasteiger partial charge in [0.25, 0.3) is 0 Å². The summed E-state index contributed by atoms with van der Waals surface area (Å²) in [7, 11) is 3.29. The lowest BCUT2D eigenvalue weighted by Crippen LogP contribution is -2.38. The lowest BCUT2D eigenvalue weighted by atomic mass is 10.2. The highest BCUT2D eigenvalue weighted by atomic mass is 33.1. The molecule has 0 aromatic heterocycles. The van der Waals surface area contributed by atoms with Crippen molar-refractivity contribution in [1.29, 1.82) is 0 Å². The van der Waals surface area contributed by atoms with Gasteiger partial charge < -0.3 is 15.2 Å². The standard InChI is InChI=1S/C13H25NO3S2/c1-9(2)7-17-12(16)14-11(10(3)15)8-18-19-13(4,5)6/h9,11,15H,3,7-8H2,1-2,4-6H3,(H,14,16). The number of nitrogens with one attached hydrogen (secondary N) is 1. The number of carbonyl (C=O) groups excluding carboxylic acids is 1. The number of hydrogen-bond acceptors (Lipinski definition) is 5. The molecule has 0 aromatic rings. The third kappa shape index (κ3) is 11.1. The Morgan fingerprint density at radius 3 is 2.42 bits per heavy atom. The number of carbonyl (C=O) groups is 1. The summed E-state index contributed by atoms with van der Waals surface area (Å²) in [6, 6.07) is -0.487. The Kier molecular flexibility index (Phi) is 8.41. The number of ether oxygens (including phenoxy) is 1. The molecule has 0 radical (unpaired) electrons. The minimum absolute atomic E-state index is 0.0523. The maximum absolute atomic E-state index is 11.5. The van der Waals surface area contributed by atoms with E-state index in [1.54, 1.807) is 21.6 Å². The summed E-state index contributed by atoms with van der Waals surface area (Å²) >= 11 is 0. The number of aliphatic hydroxyl groups is 1. The first-order valence-electron chi connectivity index (χ1n) is 6.23. The van der Waals surface area contributed by atoms with E-state index >= 15 is 0 Å². The highest BCUT2D eigenvalue weighted by Crippen LogP contribution is 2.35. The molecule has 0 saturated carbocycles. The van der Waals surface area contributed by atoms with Crippen molar-refractivity contribution in [1.82, 2.24) is 5.32 Å². The van der Waals surface area contributed by atoms with Gasteiger partial charge in [0, 0.05) is 10.5 Å². The van der Waals surface area contributed by atoms with Crippen molar-refractivity contribution in [3.63, 3.8) is 0 Å². The van der Waals surface area contributed by atoms with E-state index in [4.69, 9.17) is 4.74 Å². The quantitative estimate of drug-likeness (QED) is 0.550. The summed E-state index contributed by atoms with van der Waals surface area (Å²) < 4.78 is 5.14. The summed E-state index contributed by atoms with van der Waals surface area (Å²) in [4.78, 5) is 11.5. The van der Waals surface area contributed by atoms with Crippen molar-refractivity contribution < 1.29 is 14.6 Å². The molecule has 0 fully saturated rings. The highest BCUT2D eigenvalue weighted by Gasteiger charge is 2.19. The van der Waals surface area contributed by atoms with Crippen LogP contribution in [0.5, 0.6) is 0 Å². The van der Waals surface area contributed by atoms with Crippen LogP contribution < -0.4 is 5.32 Å². The van der Waals surface area contributed by atoms with Crippen LogP contribution in [0.3, 0.4) is 0 Å². The maximum Gasteiger partial charge on any atom is 0.407 e. The molecule has 19 heavy (non-hydrogen) atoms. The van der Waals surface area contributed by atoms with Crippen molar-refractivity contribution >= 4 is 27.7 Å². The zero-order valence-corrected chi connectivity index (χ0v) is 14.0. The van der Waals surface area contributed by atoms with Gasteiger partial charge in [-0.2, -0.15) is 0 Å². The van der Waals surface area contributed by atoms with E-state index in [0.717, 1.165) is 0 Å². The van der Waals surface area contributed by atoms with Gasteiger partial charge in [-0.3, -0.25) is 0 Å². The minimum Gasteiger partial charge on any atom is -0.511 e. The van der Waals surface area contributed by atoms with Gasteiger partial charge in [0.05, 0.1) is 12.6 Å². The van der Waals surface area contributed by atoms with Gasteiger partial charge in [-0.05, 0) is 5.92 Å². The summed E-state index contributed by atoms with van der Waals surface area (Å²) in [5, 5.41) is 12.1. The van der Waals surface area contributed by atoms with Crippen molar-refractivity contribution in [2.75, 3.05) is 12.4 Å². The zero-order chi connectivity index (χ0) is 15.1. The molecular weight excluding hydrogens is 282 g/mol. The molecule has 0 heterocycles. The average molecular weight is 307 g/mol. The third-order valence-electron chi connectivity index (χ3n) is 1.79. The maximum atomic E-state index is 11.5. The fourth-order valence-electron chi connectivity index (χ4n) is 0.926. The summed E-state index contributed by atoms with van der Waals surface area (Å²) in [5.41, 5.74) is 0. The Labute approximate surface area is 124 Å². The first-order valence-corrected chi connectivity index (χ1v) is 8.55. The number of hydrogen-bond donors (Lipinski definition) is 2. The normalized spacial score (nSPS) is 13.2. The molecule has 1 unspecified atom stereocenters. The Morgan fingerprint density at radius 1 is 1.42 bits per heavy atom. The second-order valence-electron chi connectivity index (χ2n) is 5.66. The predicted octanol–water partition coefficient (Wildman–Crippen LogP) is 3.99. The minimum atomic E-state index is -0.518. The fourth-order valence-corrected chi connectivity index (χ4v) is 3.43. The van der Waals surface area contributed by atoms with Crippen LogP contribution in [0.15, 0.2) is 12.3 Å². The molecule has 1 atom stereocenters. The lowest BCUT2D eigenvalue weighted by molar-refractivity contribution is 0.129. The molecule has 6 heteroatoms. The van der Waals surface area contributed by atoms with E-state index in [9.17, 15) is 9.90 Å². The largest absolute Gasteiger partial charge is 0.511 e. The molecule has 4 nitrogen and oxygen atoms in total. The molecule has 0 spiro atoms. The second-order valence-corrected chi connectivity index (χ2v) is 8.83. The van der Waals surface area contributed by atoms with Gasteiger partial charge in [-0.25, -0.2) is 4.79 Å². The molecule has 1 amide bonds. The molecule has 0 aliphatic carbocycles. The van der Waals surface area contributed by atoms with Crippen molar-refractivity contribution in [2.45, 2.75) is 45.4 Å². The van der Waals surface area contributed by atoms with Crippen LogP contribution in [-0.4, -0.2) is 34.3 Å². The molecule has 0 aliphatic heterocycles. The average Bonchev–Trinajstić information content (AvgIpc) is 2.23. The van der Waals surface area contributed by atoms with E-state index < -0.39 is 12.1 Å². The van der Waals surface area contributed by atoms with Crippen LogP contribution in [0, 0.1) is 5.92 Å². The molecule has 0 aliphatic rings. The van der Waals surface area contributed by atoms with Gasteiger partial charge in [-0.15, -0.1) is 0 Å². The molecular formula is C13H25NO3S2. The van der Waals surface area contributed by atoms with Crippen LogP contribution in [0.2, 0.25) is 0 Å². The number of aliphatic hydroxyl groups excluding tert-OH is 1. The van der Waals surface area contributed by atoms with Crippen molar-refractivity contribution in [3.8, 4) is 0 Å².